The van der Waals surface area contributed by atoms with Crippen molar-refractivity contribution in [3.63, 3.8) is 0 Å². The molecule has 0 saturated carbocycles. The number of hydrogen-bond donors (Lipinski definition) is 2. The highest BCUT2D eigenvalue weighted by molar-refractivity contribution is 9.09. The Hall–Kier alpha value is -0.300. The van der Waals surface area contributed by atoms with Gasteiger partial charge >= 0.3 is 6.18 Å². The molecule has 0 fully saturated rings. The van der Waals surface area contributed by atoms with Crippen molar-refractivity contribution < 1.29 is 23.4 Å². The van der Waals surface area contributed by atoms with Crippen molar-refractivity contribution >= 4 is 27.5 Å². The van der Waals surface area contributed by atoms with Gasteiger partial charge in [0.1, 0.15) is 6.10 Å². The van der Waals surface area contributed by atoms with Crippen LogP contribution in [0.5, 0.6) is 0 Å². The molecular formula is C11H11BrClF3O2. The smallest absolute Gasteiger partial charge is 0.390 e. The third-order valence-electron chi connectivity index (χ3n) is 2.42. The Morgan fingerprint density at radius 3 is 2.33 bits per heavy atom. The van der Waals surface area contributed by atoms with Crippen molar-refractivity contribution in [1.29, 1.82) is 0 Å². The fourth-order valence-electron chi connectivity index (χ4n) is 1.42. The molecule has 0 aliphatic rings. The Morgan fingerprint density at radius 2 is 1.89 bits per heavy atom. The van der Waals surface area contributed by atoms with Gasteiger partial charge in [0.15, 0.2) is 0 Å². The molecule has 2 N–H and O–H groups in total. The largest absolute Gasteiger partial charge is 0.416 e. The van der Waals surface area contributed by atoms with Gasteiger partial charge in [0.2, 0.25) is 0 Å². The third-order valence-corrected chi connectivity index (χ3v) is 3.20. The SMILES string of the molecule is OC(CCBr)C(O)c1ccc(C(F)(F)F)cc1Cl. The summed E-state index contributed by atoms with van der Waals surface area (Å²) in [4.78, 5) is 0. The third kappa shape index (κ3) is 3.85. The standard InChI is InChI=1S/C11H11BrClF3O2/c12-4-3-9(17)10(18)7-2-1-6(5-8(7)13)11(14,15)16/h1-2,5,9-10,17-18H,3-4H2. The van der Waals surface area contributed by atoms with Crippen LogP contribution >= 0.6 is 27.5 Å². The molecule has 7 heteroatoms. The highest BCUT2D eigenvalue weighted by atomic mass is 79.9. The lowest BCUT2D eigenvalue weighted by molar-refractivity contribution is -0.137. The molecule has 0 saturated heterocycles. The van der Waals surface area contributed by atoms with Crippen molar-refractivity contribution in [3.05, 3.63) is 34.3 Å². The maximum atomic E-state index is 12.4. The molecule has 2 unspecified atom stereocenters. The quantitative estimate of drug-likeness (QED) is 0.818. The first kappa shape index (κ1) is 15.8. The monoisotopic (exact) mass is 346 g/mol. The lowest BCUT2D eigenvalue weighted by Crippen LogP contribution is -2.19. The molecule has 0 heterocycles. The van der Waals surface area contributed by atoms with Crippen LogP contribution < -0.4 is 0 Å². The van der Waals surface area contributed by atoms with Crippen LogP contribution in [0.15, 0.2) is 18.2 Å². The number of hydrogen-bond acceptors (Lipinski definition) is 2. The van der Waals surface area contributed by atoms with Crippen LogP contribution in [0.3, 0.4) is 0 Å². The molecule has 0 bridgehead atoms. The first-order valence-electron chi connectivity index (χ1n) is 5.06. The number of benzene rings is 1. The summed E-state index contributed by atoms with van der Waals surface area (Å²) in [5.74, 6) is 0. The predicted molar refractivity (Wildman–Crippen MR) is 65.8 cm³/mol. The highest BCUT2D eigenvalue weighted by Gasteiger charge is 2.31. The van der Waals surface area contributed by atoms with Gasteiger partial charge in [0, 0.05) is 15.9 Å². The summed E-state index contributed by atoms with van der Waals surface area (Å²) in [6.45, 7) is 0. The van der Waals surface area contributed by atoms with E-state index in [0.717, 1.165) is 18.2 Å². The molecule has 1 aromatic carbocycles. The molecule has 102 valence electrons. The van der Waals surface area contributed by atoms with E-state index in [0.29, 0.717) is 5.33 Å². The second-order valence-electron chi connectivity index (χ2n) is 3.72. The van der Waals surface area contributed by atoms with Gasteiger partial charge in [-0.25, -0.2) is 0 Å². The zero-order valence-corrected chi connectivity index (χ0v) is 11.4. The first-order chi connectivity index (χ1) is 8.27. The van der Waals surface area contributed by atoms with Crippen LogP contribution in [0.25, 0.3) is 0 Å². The van der Waals surface area contributed by atoms with Crippen LogP contribution in [0.2, 0.25) is 5.02 Å². The van der Waals surface area contributed by atoms with Gasteiger partial charge in [0.05, 0.1) is 11.7 Å². The van der Waals surface area contributed by atoms with E-state index in [1.165, 1.54) is 0 Å². The van der Waals surface area contributed by atoms with E-state index in [1.807, 2.05) is 0 Å². The van der Waals surface area contributed by atoms with E-state index in [1.54, 1.807) is 0 Å². The van der Waals surface area contributed by atoms with Crippen LogP contribution in [0.4, 0.5) is 13.2 Å². The van der Waals surface area contributed by atoms with Crippen LogP contribution in [0, 0.1) is 0 Å². The minimum atomic E-state index is -4.48. The van der Waals surface area contributed by atoms with Gasteiger partial charge in [-0.2, -0.15) is 13.2 Å². The highest BCUT2D eigenvalue weighted by Crippen LogP contribution is 2.34. The van der Waals surface area contributed by atoms with Crippen LogP contribution in [0.1, 0.15) is 23.7 Å². The molecule has 0 aromatic heterocycles. The number of halogens is 5. The molecular weight excluding hydrogens is 336 g/mol. The average molecular weight is 348 g/mol. The first-order valence-corrected chi connectivity index (χ1v) is 6.56. The Kier molecular flexibility index (Phi) is 5.46. The van der Waals surface area contributed by atoms with Gasteiger partial charge in [-0.15, -0.1) is 0 Å². The van der Waals surface area contributed by atoms with Crippen molar-refractivity contribution in [2.75, 3.05) is 5.33 Å². The van der Waals surface area contributed by atoms with Gasteiger partial charge < -0.3 is 10.2 Å². The summed E-state index contributed by atoms with van der Waals surface area (Å²) in [7, 11) is 0. The van der Waals surface area contributed by atoms with Crippen molar-refractivity contribution in [3.8, 4) is 0 Å². The minimum absolute atomic E-state index is 0.0816. The fraction of sp³-hybridized carbons (Fsp3) is 0.455. The summed E-state index contributed by atoms with van der Waals surface area (Å²) < 4.78 is 37.2. The van der Waals surface area contributed by atoms with E-state index in [-0.39, 0.29) is 17.0 Å². The summed E-state index contributed by atoms with van der Waals surface area (Å²) in [6.07, 6.45) is -6.61. The van der Waals surface area contributed by atoms with E-state index >= 15 is 0 Å². The minimum Gasteiger partial charge on any atom is -0.390 e. The number of aliphatic hydroxyl groups is 2. The van der Waals surface area contributed by atoms with E-state index in [4.69, 9.17) is 11.6 Å². The van der Waals surface area contributed by atoms with Crippen LogP contribution in [-0.4, -0.2) is 21.6 Å². The Labute approximate surface area is 116 Å². The lowest BCUT2D eigenvalue weighted by Gasteiger charge is -2.19. The molecule has 2 nitrogen and oxygen atoms in total. The number of aliphatic hydroxyl groups excluding tert-OH is 2. The van der Waals surface area contributed by atoms with Gasteiger partial charge in [-0.3, -0.25) is 0 Å². The zero-order valence-electron chi connectivity index (χ0n) is 9.09. The molecule has 0 spiro atoms. The summed E-state index contributed by atoms with van der Waals surface area (Å²) in [6, 6.07) is 2.64. The molecule has 0 amide bonds. The zero-order chi connectivity index (χ0) is 13.9. The molecule has 0 radical (unpaired) electrons. The van der Waals surface area contributed by atoms with Gasteiger partial charge in [-0.1, -0.05) is 33.6 Å². The Balaban J connectivity index is 2.99. The second kappa shape index (κ2) is 6.23. The Bertz CT molecular complexity index is 412. The molecule has 18 heavy (non-hydrogen) atoms. The number of alkyl halides is 4. The Morgan fingerprint density at radius 1 is 1.28 bits per heavy atom. The second-order valence-corrected chi connectivity index (χ2v) is 4.92. The topological polar surface area (TPSA) is 40.5 Å². The summed E-state index contributed by atoms with van der Waals surface area (Å²) in [5, 5.41) is 19.6. The molecule has 1 aromatic rings. The molecule has 0 aliphatic carbocycles. The van der Waals surface area contributed by atoms with Crippen molar-refractivity contribution in [2.45, 2.75) is 24.8 Å². The van der Waals surface area contributed by atoms with Gasteiger partial charge in [-0.05, 0) is 18.6 Å². The molecule has 1 rings (SSSR count). The van der Waals surface area contributed by atoms with Gasteiger partial charge in [0.25, 0.3) is 0 Å². The van der Waals surface area contributed by atoms with E-state index < -0.39 is 23.9 Å². The van der Waals surface area contributed by atoms with E-state index in [2.05, 4.69) is 15.9 Å². The van der Waals surface area contributed by atoms with Crippen molar-refractivity contribution in [2.24, 2.45) is 0 Å². The van der Waals surface area contributed by atoms with E-state index in [9.17, 15) is 23.4 Å². The normalized spacial score (nSPS) is 15.5. The molecule has 0 aliphatic heterocycles. The summed E-state index contributed by atoms with van der Waals surface area (Å²) in [5.41, 5.74) is -0.809. The van der Waals surface area contributed by atoms with Crippen LogP contribution in [-0.2, 0) is 6.18 Å². The summed E-state index contributed by atoms with van der Waals surface area (Å²) >= 11 is 8.79. The fourth-order valence-corrected chi connectivity index (χ4v) is 2.18. The molecule has 2 atom stereocenters. The maximum absolute atomic E-state index is 12.4. The maximum Gasteiger partial charge on any atom is 0.416 e. The lowest BCUT2D eigenvalue weighted by atomic mass is 10.0. The predicted octanol–water partition coefficient (Wildman–Crippen LogP) is 3.54. The van der Waals surface area contributed by atoms with Crippen molar-refractivity contribution in [1.82, 2.24) is 0 Å². The average Bonchev–Trinajstić information content (AvgIpc) is 2.27. The number of rotatable bonds is 4.